The number of amides is 1. The van der Waals surface area contributed by atoms with Crippen LogP contribution >= 0.6 is 0 Å². The zero-order valence-electron chi connectivity index (χ0n) is 22.4. The first kappa shape index (κ1) is 26.7. The summed E-state index contributed by atoms with van der Waals surface area (Å²) < 4.78 is 11.4. The number of nitrogens with zero attached hydrogens (tertiary/aromatic N) is 2. The summed E-state index contributed by atoms with van der Waals surface area (Å²) in [6, 6.07) is 11.9. The molecule has 36 heavy (non-hydrogen) atoms. The van der Waals surface area contributed by atoms with Gasteiger partial charge in [-0.15, -0.1) is 0 Å². The van der Waals surface area contributed by atoms with Crippen molar-refractivity contribution in [3.8, 4) is 16.9 Å². The minimum atomic E-state index is -0.653. The van der Waals surface area contributed by atoms with Crippen LogP contribution in [0.5, 0.6) is 5.75 Å². The molecule has 1 aromatic heterocycles. The van der Waals surface area contributed by atoms with E-state index in [9.17, 15) is 4.79 Å². The second-order valence-electron chi connectivity index (χ2n) is 9.87. The highest BCUT2D eigenvalue weighted by Gasteiger charge is 2.26. The fourth-order valence-corrected chi connectivity index (χ4v) is 4.12. The molecule has 0 aliphatic heterocycles. The Hall–Kier alpha value is -3.87. The van der Waals surface area contributed by atoms with Crippen molar-refractivity contribution in [2.45, 2.75) is 53.7 Å². The Labute approximate surface area is 214 Å². The highest BCUT2D eigenvalue weighted by Crippen LogP contribution is 2.32. The fraction of sp³-hybridized carbons (Fsp3) is 0.345. The molecular weight excluding hydrogens is 452 g/mol. The first-order valence-corrected chi connectivity index (χ1v) is 11.9. The first-order chi connectivity index (χ1) is 17.0. The lowest BCUT2D eigenvalue weighted by Gasteiger charge is -2.28. The van der Waals surface area contributed by atoms with Crippen molar-refractivity contribution >= 4 is 23.7 Å². The van der Waals surface area contributed by atoms with E-state index in [1.165, 1.54) is 6.21 Å². The van der Waals surface area contributed by atoms with Gasteiger partial charge in [-0.25, -0.2) is 4.79 Å². The standard InChI is InChI=1S/C29H36N4O3/c1-18-11-23(21-9-10-22(15-30)25(14-21)31-7)13-24(12-18)33(28(34)36-29(4,5)6)17-26-20(3)27(35-8)19(2)16-32-26/h9-16,30-31H,17H2,1-8H3. The minimum Gasteiger partial charge on any atom is -0.496 e. The molecule has 0 aliphatic carbocycles. The van der Waals surface area contributed by atoms with Crippen molar-refractivity contribution in [3.63, 3.8) is 0 Å². The normalized spacial score (nSPS) is 11.1. The molecule has 190 valence electrons. The van der Waals surface area contributed by atoms with E-state index in [-0.39, 0.29) is 6.54 Å². The predicted octanol–water partition coefficient (Wildman–Crippen LogP) is 6.66. The van der Waals surface area contributed by atoms with Crippen molar-refractivity contribution in [1.82, 2.24) is 4.98 Å². The van der Waals surface area contributed by atoms with Gasteiger partial charge < -0.3 is 20.2 Å². The number of carbonyl (C=O) groups is 1. The maximum atomic E-state index is 13.4. The van der Waals surface area contributed by atoms with Crippen LogP contribution in [0.1, 0.15) is 48.7 Å². The maximum Gasteiger partial charge on any atom is 0.415 e. The van der Waals surface area contributed by atoms with Crippen LogP contribution in [0.25, 0.3) is 11.1 Å². The lowest BCUT2D eigenvalue weighted by atomic mass is 9.99. The van der Waals surface area contributed by atoms with Gasteiger partial charge in [0.05, 0.1) is 19.3 Å². The van der Waals surface area contributed by atoms with Gasteiger partial charge in [0.25, 0.3) is 0 Å². The summed E-state index contributed by atoms with van der Waals surface area (Å²) in [5, 5.41) is 10.8. The highest BCUT2D eigenvalue weighted by atomic mass is 16.6. The molecule has 7 nitrogen and oxygen atoms in total. The third-order valence-electron chi connectivity index (χ3n) is 5.86. The monoisotopic (exact) mass is 488 g/mol. The SMILES string of the molecule is CNc1cc(-c2cc(C)cc(N(Cc3ncc(C)c(OC)c3C)C(=O)OC(C)(C)C)c2)ccc1C=N. The van der Waals surface area contributed by atoms with Crippen LogP contribution in [0.4, 0.5) is 16.2 Å². The van der Waals surface area contributed by atoms with E-state index in [4.69, 9.17) is 14.9 Å². The summed E-state index contributed by atoms with van der Waals surface area (Å²) in [5.41, 5.74) is 7.22. The van der Waals surface area contributed by atoms with E-state index in [0.717, 1.165) is 50.5 Å². The van der Waals surface area contributed by atoms with Gasteiger partial charge in [0, 0.05) is 47.5 Å². The Morgan fingerprint density at radius 2 is 1.83 bits per heavy atom. The Balaban J connectivity index is 2.12. The number of anilines is 2. The van der Waals surface area contributed by atoms with E-state index in [0.29, 0.717) is 5.69 Å². The van der Waals surface area contributed by atoms with Crippen molar-refractivity contribution in [2.75, 3.05) is 24.4 Å². The average molecular weight is 489 g/mol. The number of nitrogens with one attached hydrogen (secondary N) is 2. The highest BCUT2D eigenvalue weighted by molar-refractivity contribution is 5.91. The van der Waals surface area contributed by atoms with Gasteiger partial charge in [-0.1, -0.05) is 18.2 Å². The molecule has 0 saturated carbocycles. The van der Waals surface area contributed by atoms with Crippen molar-refractivity contribution in [1.29, 1.82) is 5.41 Å². The molecule has 0 aliphatic rings. The van der Waals surface area contributed by atoms with Gasteiger partial charge in [0.2, 0.25) is 0 Å². The van der Waals surface area contributed by atoms with Gasteiger partial charge in [-0.05, 0) is 76.4 Å². The molecule has 0 radical (unpaired) electrons. The van der Waals surface area contributed by atoms with E-state index >= 15 is 0 Å². The maximum absolute atomic E-state index is 13.4. The largest absolute Gasteiger partial charge is 0.496 e. The molecule has 0 fully saturated rings. The van der Waals surface area contributed by atoms with E-state index < -0.39 is 11.7 Å². The molecule has 3 rings (SSSR count). The molecule has 7 heteroatoms. The van der Waals surface area contributed by atoms with Crippen LogP contribution in [0.15, 0.2) is 42.6 Å². The number of rotatable bonds is 7. The number of benzene rings is 2. The summed E-state index contributed by atoms with van der Waals surface area (Å²) in [5.74, 6) is 0.764. The third-order valence-corrected chi connectivity index (χ3v) is 5.86. The number of ether oxygens (including phenoxy) is 2. The number of aryl methyl sites for hydroxylation is 2. The van der Waals surface area contributed by atoms with Crippen LogP contribution in [-0.2, 0) is 11.3 Å². The Morgan fingerprint density at radius 3 is 2.44 bits per heavy atom. The smallest absolute Gasteiger partial charge is 0.415 e. The van der Waals surface area contributed by atoms with Gasteiger partial charge in [-0.2, -0.15) is 0 Å². The molecular formula is C29H36N4O3. The quantitative estimate of drug-likeness (QED) is 0.363. The van der Waals surface area contributed by atoms with Crippen LogP contribution in [0, 0.1) is 26.2 Å². The number of hydrogen-bond acceptors (Lipinski definition) is 6. The van der Waals surface area contributed by atoms with Crippen LogP contribution in [0.3, 0.4) is 0 Å². The zero-order chi connectivity index (χ0) is 26.6. The Morgan fingerprint density at radius 1 is 1.11 bits per heavy atom. The predicted molar refractivity (Wildman–Crippen MR) is 147 cm³/mol. The molecule has 1 amide bonds. The second-order valence-corrected chi connectivity index (χ2v) is 9.87. The average Bonchev–Trinajstić information content (AvgIpc) is 2.81. The van der Waals surface area contributed by atoms with Crippen LogP contribution in [-0.4, -0.2) is 37.1 Å². The van der Waals surface area contributed by atoms with Gasteiger partial charge in [-0.3, -0.25) is 9.88 Å². The van der Waals surface area contributed by atoms with Crippen LogP contribution < -0.4 is 15.0 Å². The van der Waals surface area contributed by atoms with Crippen LogP contribution in [0.2, 0.25) is 0 Å². The summed E-state index contributed by atoms with van der Waals surface area (Å²) in [7, 11) is 3.48. The van der Waals surface area contributed by atoms with Gasteiger partial charge >= 0.3 is 6.09 Å². The minimum absolute atomic E-state index is 0.231. The van der Waals surface area contributed by atoms with Gasteiger partial charge in [0.15, 0.2) is 0 Å². The van der Waals surface area contributed by atoms with Crippen molar-refractivity contribution in [3.05, 3.63) is 70.5 Å². The summed E-state index contributed by atoms with van der Waals surface area (Å²) >= 11 is 0. The molecule has 0 atom stereocenters. The zero-order valence-corrected chi connectivity index (χ0v) is 22.4. The summed E-state index contributed by atoms with van der Waals surface area (Å²) in [6.07, 6.45) is 2.64. The number of aromatic nitrogens is 1. The molecule has 1 heterocycles. The number of methoxy groups -OCH3 is 1. The van der Waals surface area contributed by atoms with Crippen molar-refractivity contribution < 1.29 is 14.3 Å². The summed E-state index contributed by atoms with van der Waals surface area (Å²) in [4.78, 5) is 19.7. The van der Waals surface area contributed by atoms with E-state index in [1.54, 1.807) is 18.2 Å². The molecule has 0 spiro atoms. The summed E-state index contributed by atoms with van der Waals surface area (Å²) in [6.45, 7) is 11.7. The molecule has 0 unspecified atom stereocenters. The Kier molecular flexibility index (Phi) is 8.03. The molecule has 0 bridgehead atoms. The molecule has 2 N–H and O–H groups in total. The third kappa shape index (κ3) is 6.03. The number of carbonyl (C=O) groups excluding carboxylic acids is 1. The van der Waals surface area contributed by atoms with Crippen molar-refractivity contribution in [2.24, 2.45) is 0 Å². The Bertz CT molecular complexity index is 1280. The topological polar surface area (TPSA) is 87.5 Å². The molecule has 2 aromatic carbocycles. The second kappa shape index (κ2) is 10.8. The lowest BCUT2D eigenvalue weighted by molar-refractivity contribution is 0.0577. The number of pyridine rings is 1. The number of hydrogen-bond donors (Lipinski definition) is 2. The first-order valence-electron chi connectivity index (χ1n) is 11.9. The van der Waals surface area contributed by atoms with E-state index in [2.05, 4.69) is 16.4 Å². The molecule has 3 aromatic rings. The fourth-order valence-electron chi connectivity index (χ4n) is 4.12. The lowest BCUT2D eigenvalue weighted by Crippen LogP contribution is -2.37. The molecule has 0 saturated heterocycles. The van der Waals surface area contributed by atoms with Gasteiger partial charge in [0.1, 0.15) is 11.4 Å². The van der Waals surface area contributed by atoms with E-state index in [1.807, 2.05) is 78.9 Å².